The van der Waals surface area contributed by atoms with Crippen molar-refractivity contribution in [2.75, 3.05) is 5.32 Å². The van der Waals surface area contributed by atoms with Crippen LogP contribution in [-0.4, -0.2) is 38.5 Å². The van der Waals surface area contributed by atoms with E-state index in [1.807, 2.05) is 36.4 Å². The molecule has 38 heavy (non-hydrogen) atoms. The number of alkyl halides is 3. The van der Waals surface area contributed by atoms with Gasteiger partial charge < -0.3 is 15.5 Å². The lowest BCUT2D eigenvalue weighted by molar-refractivity contribution is -0.338. The fraction of sp³-hybridized carbons (Fsp3) is 0.400. The molecule has 3 aromatic rings. The number of carbonyl (C=O) groups is 1. The van der Waals surface area contributed by atoms with Gasteiger partial charge in [-0.25, -0.2) is 0 Å². The summed E-state index contributed by atoms with van der Waals surface area (Å²) in [5.74, 6) is -0.815. The summed E-state index contributed by atoms with van der Waals surface area (Å²) in [6.45, 7) is 2.89. The third-order valence-electron chi connectivity index (χ3n) is 8.63. The zero-order valence-electron chi connectivity index (χ0n) is 21.3. The van der Waals surface area contributed by atoms with Crippen molar-refractivity contribution in [1.82, 2.24) is 4.98 Å². The topological polar surface area (TPSA) is 82.5 Å². The average Bonchev–Trinajstić information content (AvgIpc) is 2.86. The molecule has 1 amide bonds. The van der Waals surface area contributed by atoms with Gasteiger partial charge in [0.15, 0.2) is 5.60 Å². The highest BCUT2D eigenvalue weighted by molar-refractivity contribution is 6.04. The van der Waals surface area contributed by atoms with Crippen molar-refractivity contribution in [3.63, 3.8) is 0 Å². The van der Waals surface area contributed by atoms with Crippen molar-refractivity contribution in [3.8, 4) is 0 Å². The molecule has 1 aromatic heterocycles. The Bertz CT molecular complexity index is 1360. The molecular formula is C30H31F3N2O3. The van der Waals surface area contributed by atoms with Crippen LogP contribution in [0.2, 0.25) is 0 Å². The first-order valence-corrected chi connectivity index (χ1v) is 12.8. The summed E-state index contributed by atoms with van der Waals surface area (Å²) in [7, 11) is 0. The summed E-state index contributed by atoms with van der Waals surface area (Å²) < 4.78 is 42.4. The Morgan fingerprint density at radius 3 is 2.53 bits per heavy atom. The SMILES string of the molecule is Cc1ncccc1NC(=O)c1ccc2c(c1)CC[C@@H]1CC(O)(C(F)(F)F)C(C)(O)CC21Cc1ccccc1. The molecule has 5 nitrogen and oxygen atoms in total. The molecule has 2 aliphatic carbocycles. The summed E-state index contributed by atoms with van der Waals surface area (Å²) in [5, 5.41) is 25.0. The molecule has 1 heterocycles. The van der Waals surface area contributed by atoms with Gasteiger partial charge in [-0.3, -0.25) is 9.78 Å². The smallest absolute Gasteiger partial charge is 0.387 e. The number of nitrogens with zero attached hydrogens (tertiary/aromatic N) is 1. The van der Waals surface area contributed by atoms with Gasteiger partial charge in [-0.05, 0) is 92.8 Å². The van der Waals surface area contributed by atoms with Gasteiger partial charge in [0.2, 0.25) is 0 Å². The molecule has 0 bridgehead atoms. The third-order valence-corrected chi connectivity index (χ3v) is 8.63. The van der Waals surface area contributed by atoms with Crippen molar-refractivity contribution in [2.24, 2.45) is 5.92 Å². The number of aryl methyl sites for hydroxylation is 2. The summed E-state index contributed by atoms with van der Waals surface area (Å²) in [4.78, 5) is 17.3. The fourth-order valence-corrected chi connectivity index (χ4v) is 6.62. The maximum absolute atomic E-state index is 14.1. The second-order valence-corrected chi connectivity index (χ2v) is 11.0. The Kier molecular flexibility index (Phi) is 6.39. The fourth-order valence-electron chi connectivity index (χ4n) is 6.62. The Hall–Kier alpha value is -3.23. The highest BCUT2D eigenvalue weighted by atomic mass is 19.4. The third kappa shape index (κ3) is 4.29. The molecule has 0 spiro atoms. The minimum atomic E-state index is -4.97. The second kappa shape index (κ2) is 9.20. The van der Waals surface area contributed by atoms with Gasteiger partial charge in [-0.15, -0.1) is 0 Å². The van der Waals surface area contributed by atoms with Crippen molar-refractivity contribution >= 4 is 11.6 Å². The Morgan fingerprint density at radius 2 is 1.84 bits per heavy atom. The van der Waals surface area contributed by atoms with Crippen LogP contribution < -0.4 is 5.32 Å². The van der Waals surface area contributed by atoms with Crippen molar-refractivity contribution in [1.29, 1.82) is 0 Å². The Balaban J connectivity index is 1.57. The monoisotopic (exact) mass is 524 g/mol. The highest BCUT2D eigenvalue weighted by Gasteiger charge is 2.70. The van der Waals surface area contributed by atoms with Crippen LogP contribution in [0.4, 0.5) is 18.9 Å². The van der Waals surface area contributed by atoms with Gasteiger partial charge >= 0.3 is 6.18 Å². The van der Waals surface area contributed by atoms with E-state index in [4.69, 9.17) is 0 Å². The van der Waals surface area contributed by atoms with E-state index in [-0.39, 0.29) is 12.3 Å². The molecule has 8 heteroatoms. The number of aromatic nitrogens is 1. The minimum Gasteiger partial charge on any atom is -0.387 e. The first-order chi connectivity index (χ1) is 17.9. The van der Waals surface area contributed by atoms with Gasteiger partial charge in [-0.2, -0.15) is 13.2 Å². The number of nitrogens with one attached hydrogen (secondary N) is 1. The minimum absolute atomic E-state index is 0.261. The lowest BCUT2D eigenvalue weighted by Crippen LogP contribution is -2.69. The maximum Gasteiger partial charge on any atom is 0.420 e. The number of carbonyl (C=O) groups excluding carboxylic acids is 1. The molecule has 1 saturated carbocycles. The molecule has 2 aliphatic rings. The number of hydrogen-bond donors (Lipinski definition) is 3. The number of halogens is 3. The van der Waals surface area contributed by atoms with E-state index in [1.54, 1.807) is 37.4 Å². The Morgan fingerprint density at radius 1 is 1.11 bits per heavy atom. The summed E-state index contributed by atoms with van der Waals surface area (Å²) in [6, 6.07) is 18.3. The van der Waals surface area contributed by atoms with Crippen LogP contribution >= 0.6 is 0 Å². The van der Waals surface area contributed by atoms with E-state index < -0.39 is 35.1 Å². The van der Waals surface area contributed by atoms with E-state index in [2.05, 4.69) is 10.3 Å². The quantitative estimate of drug-likeness (QED) is 0.420. The van der Waals surface area contributed by atoms with Crippen LogP contribution in [0.3, 0.4) is 0 Å². The summed E-state index contributed by atoms with van der Waals surface area (Å²) >= 11 is 0. The van der Waals surface area contributed by atoms with Crippen LogP contribution in [0.15, 0.2) is 66.9 Å². The summed E-state index contributed by atoms with van der Waals surface area (Å²) in [6.07, 6.45) is -2.88. The molecule has 4 atom stereocenters. The second-order valence-electron chi connectivity index (χ2n) is 11.0. The van der Waals surface area contributed by atoms with Crippen LogP contribution in [0, 0.1) is 12.8 Å². The van der Waals surface area contributed by atoms with Gasteiger partial charge in [0.25, 0.3) is 5.91 Å². The summed E-state index contributed by atoms with van der Waals surface area (Å²) in [5.41, 5.74) is -2.08. The first kappa shape index (κ1) is 26.4. The van der Waals surface area contributed by atoms with E-state index >= 15 is 0 Å². The molecule has 2 aromatic carbocycles. The van der Waals surface area contributed by atoms with E-state index in [0.29, 0.717) is 36.2 Å². The number of hydrogen-bond acceptors (Lipinski definition) is 4. The predicted molar refractivity (Wildman–Crippen MR) is 138 cm³/mol. The van der Waals surface area contributed by atoms with Crippen LogP contribution in [0.5, 0.6) is 0 Å². The van der Waals surface area contributed by atoms with Crippen molar-refractivity contribution in [3.05, 3.63) is 94.8 Å². The lowest BCUT2D eigenvalue weighted by Gasteiger charge is -2.59. The van der Waals surface area contributed by atoms with Crippen molar-refractivity contribution in [2.45, 2.75) is 68.7 Å². The average molecular weight is 525 g/mol. The van der Waals surface area contributed by atoms with Gasteiger partial charge in [0, 0.05) is 17.2 Å². The molecule has 5 rings (SSSR count). The van der Waals surface area contributed by atoms with Crippen LogP contribution in [0.25, 0.3) is 0 Å². The molecule has 200 valence electrons. The van der Waals surface area contributed by atoms with Gasteiger partial charge in [0.05, 0.1) is 11.4 Å². The molecule has 1 fully saturated rings. The standard InChI is InChI=1S/C30H31F3N2O3/c1-19-25(9-6-14-34-19)35-26(36)22-11-13-24-21(15-22)10-12-23-17-29(38,30(31,32)33)27(2,37)18-28(23,24)16-20-7-4-3-5-8-20/h3-9,11,13-15,23,37-38H,10,12,16-18H2,1-2H3,(H,35,36)/t23-,27?,28?,29?/m1/s1. The van der Waals surface area contributed by atoms with E-state index in [0.717, 1.165) is 23.6 Å². The number of aliphatic hydroxyl groups is 2. The molecule has 0 aliphatic heterocycles. The molecule has 0 radical (unpaired) electrons. The highest BCUT2D eigenvalue weighted by Crippen LogP contribution is 2.60. The van der Waals surface area contributed by atoms with Crippen LogP contribution in [0.1, 0.15) is 58.9 Å². The zero-order valence-corrected chi connectivity index (χ0v) is 21.3. The number of rotatable bonds is 4. The molecule has 3 unspecified atom stereocenters. The predicted octanol–water partition coefficient (Wildman–Crippen LogP) is 5.52. The van der Waals surface area contributed by atoms with Crippen molar-refractivity contribution < 1.29 is 28.2 Å². The molecular weight excluding hydrogens is 493 g/mol. The molecule has 3 N–H and O–H groups in total. The Labute approximate surface area is 219 Å². The van der Waals surface area contributed by atoms with E-state index in [9.17, 15) is 28.2 Å². The number of amides is 1. The van der Waals surface area contributed by atoms with Gasteiger partial charge in [-0.1, -0.05) is 36.4 Å². The number of pyridine rings is 1. The lowest BCUT2D eigenvalue weighted by atomic mass is 9.49. The van der Waals surface area contributed by atoms with Crippen LogP contribution in [-0.2, 0) is 18.3 Å². The molecule has 0 saturated heterocycles. The number of benzene rings is 2. The normalized spacial score (nSPS) is 28.8. The number of fused-ring (bicyclic) bond motifs is 3. The number of anilines is 1. The van der Waals surface area contributed by atoms with E-state index in [1.165, 1.54) is 0 Å². The maximum atomic E-state index is 14.1. The van der Waals surface area contributed by atoms with Gasteiger partial charge in [0.1, 0.15) is 5.60 Å². The zero-order chi connectivity index (χ0) is 27.3. The first-order valence-electron chi connectivity index (χ1n) is 12.8. The largest absolute Gasteiger partial charge is 0.420 e.